The van der Waals surface area contributed by atoms with Crippen molar-refractivity contribution in [1.29, 1.82) is 0 Å². The smallest absolute Gasteiger partial charge is 0.316 e. The van der Waals surface area contributed by atoms with Crippen LogP contribution < -0.4 is 0 Å². The lowest BCUT2D eigenvalue weighted by Gasteiger charge is -2.01. The van der Waals surface area contributed by atoms with Gasteiger partial charge < -0.3 is 8.37 Å². The van der Waals surface area contributed by atoms with Crippen LogP contribution in [0.1, 0.15) is 25.7 Å². The lowest BCUT2D eigenvalue weighted by atomic mass is 10.2. The largest absolute Gasteiger partial charge is 0.506 e. The summed E-state index contributed by atoms with van der Waals surface area (Å²) in [5.74, 6) is -1.79. The molecule has 0 unspecified atom stereocenters. The monoisotopic (exact) mass is 208 g/mol. The van der Waals surface area contributed by atoms with Gasteiger partial charge in [-0.25, -0.2) is 0 Å². The highest BCUT2D eigenvalue weighted by atomic mass is 32.3. The number of rotatable bonds is 0. The first-order valence-electron chi connectivity index (χ1n) is 3.69. The minimum Gasteiger partial charge on any atom is -0.316 e. The topological polar surface area (TPSA) is 86.7 Å². The molecule has 1 fully saturated rings. The maximum atomic E-state index is 10.7. The van der Waals surface area contributed by atoms with E-state index in [1.807, 2.05) is 0 Å². The van der Waals surface area contributed by atoms with E-state index in [1.165, 1.54) is 0 Å². The van der Waals surface area contributed by atoms with E-state index in [0.717, 1.165) is 0 Å². The zero-order valence-electron chi connectivity index (χ0n) is 6.69. The molecule has 1 heterocycles. The second kappa shape index (κ2) is 3.73. The van der Waals surface area contributed by atoms with Crippen LogP contribution in [0.15, 0.2) is 0 Å². The van der Waals surface area contributed by atoms with Crippen molar-refractivity contribution in [3.63, 3.8) is 0 Å². The molecule has 6 nitrogen and oxygen atoms in total. The molecule has 0 bridgehead atoms. The Labute approximate surface area is 75.2 Å². The molecule has 1 rings (SSSR count). The van der Waals surface area contributed by atoms with Gasteiger partial charge in [-0.3, -0.25) is 9.59 Å². The maximum Gasteiger partial charge on any atom is 0.506 e. The average Bonchev–Trinajstić information content (AvgIpc) is 1.99. The van der Waals surface area contributed by atoms with Crippen LogP contribution in [0.5, 0.6) is 0 Å². The molecule has 74 valence electrons. The van der Waals surface area contributed by atoms with Crippen molar-refractivity contribution in [2.24, 2.45) is 0 Å². The van der Waals surface area contributed by atoms with Gasteiger partial charge in [-0.2, -0.15) is 0 Å². The molecule has 1 aliphatic heterocycles. The summed E-state index contributed by atoms with van der Waals surface area (Å²) in [4.78, 5) is 21.4. The predicted octanol–water partition coefficient (Wildman–Crippen LogP) is -0.108. The van der Waals surface area contributed by atoms with E-state index in [2.05, 4.69) is 8.37 Å². The minimum absolute atomic E-state index is 0.0180. The van der Waals surface area contributed by atoms with Crippen LogP contribution in [0.25, 0.3) is 0 Å². The Morgan fingerprint density at radius 1 is 0.923 bits per heavy atom. The van der Waals surface area contributed by atoms with E-state index >= 15 is 0 Å². The normalized spacial score (nSPS) is 23.4. The molecule has 0 atom stereocenters. The molecule has 0 radical (unpaired) electrons. The van der Waals surface area contributed by atoms with E-state index < -0.39 is 22.3 Å². The van der Waals surface area contributed by atoms with Crippen molar-refractivity contribution in [2.75, 3.05) is 0 Å². The summed E-state index contributed by atoms with van der Waals surface area (Å²) in [6.45, 7) is 0. The molecule has 0 saturated carbocycles. The number of carbonyl (C=O) groups is 2. The van der Waals surface area contributed by atoms with Crippen LogP contribution in [-0.4, -0.2) is 20.4 Å². The van der Waals surface area contributed by atoms with Gasteiger partial charge in [0.25, 0.3) is 0 Å². The van der Waals surface area contributed by atoms with Crippen LogP contribution in [0, 0.1) is 0 Å². The molecule has 0 N–H and O–H groups in total. The molecule has 1 aliphatic rings. The Kier molecular flexibility index (Phi) is 2.86. The maximum absolute atomic E-state index is 10.7. The highest BCUT2D eigenvalue weighted by molar-refractivity contribution is 7.82. The first-order valence-corrected chi connectivity index (χ1v) is 5.02. The van der Waals surface area contributed by atoms with E-state index in [0.29, 0.717) is 12.8 Å². The van der Waals surface area contributed by atoms with Crippen molar-refractivity contribution >= 4 is 22.3 Å². The highest BCUT2D eigenvalue weighted by Crippen LogP contribution is 2.10. The third-order valence-electron chi connectivity index (χ3n) is 1.40. The molecule has 0 amide bonds. The van der Waals surface area contributed by atoms with Gasteiger partial charge in [-0.05, 0) is 12.8 Å². The number of hydrogen-bond donors (Lipinski definition) is 0. The molecule has 0 aromatic carbocycles. The van der Waals surface area contributed by atoms with Gasteiger partial charge in [-0.15, -0.1) is 8.42 Å². The zero-order valence-corrected chi connectivity index (χ0v) is 7.50. The Morgan fingerprint density at radius 2 is 1.31 bits per heavy atom. The first kappa shape index (κ1) is 9.97. The van der Waals surface area contributed by atoms with Gasteiger partial charge in [0.05, 0.1) is 0 Å². The summed E-state index contributed by atoms with van der Waals surface area (Å²) in [5.41, 5.74) is 0. The summed E-state index contributed by atoms with van der Waals surface area (Å²) in [5, 5.41) is 0. The molecule has 0 spiro atoms. The minimum atomic E-state index is -4.46. The fourth-order valence-electron chi connectivity index (χ4n) is 0.867. The molecule has 1 saturated heterocycles. The van der Waals surface area contributed by atoms with Gasteiger partial charge in [0, 0.05) is 12.8 Å². The lowest BCUT2D eigenvalue weighted by Crippen LogP contribution is -2.17. The lowest BCUT2D eigenvalue weighted by molar-refractivity contribution is -0.136. The second-order valence-corrected chi connectivity index (χ2v) is 3.68. The third-order valence-corrected chi connectivity index (χ3v) is 2.18. The molecule has 0 aromatic rings. The average molecular weight is 208 g/mol. The van der Waals surface area contributed by atoms with Crippen LogP contribution in [0.2, 0.25) is 0 Å². The molecular weight excluding hydrogens is 200 g/mol. The van der Waals surface area contributed by atoms with E-state index in [9.17, 15) is 18.0 Å². The number of carbonyl (C=O) groups excluding carboxylic acids is 2. The highest BCUT2D eigenvalue weighted by Gasteiger charge is 2.24. The molecule has 7 heteroatoms. The third kappa shape index (κ3) is 3.41. The predicted molar refractivity (Wildman–Crippen MR) is 39.6 cm³/mol. The van der Waals surface area contributed by atoms with Gasteiger partial charge in [0.2, 0.25) is 0 Å². The molecular formula is C6H8O6S. The van der Waals surface area contributed by atoms with Gasteiger partial charge in [-0.1, -0.05) is 0 Å². The van der Waals surface area contributed by atoms with Crippen molar-refractivity contribution < 1.29 is 26.4 Å². The van der Waals surface area contributed by atoms with Crippen molar-refractivity contribution in [1.82, 2.24) is 0 Å². The van der Waals surface area contributed by atoms with Gasteiger partial charge in [0.15, 0.2) is 0 Å². The van der Waals surface area contributed by atoms with Crippen molar-refractivity contribution in [3.8, 4) is 0 Å². The van der Waals surface area contributed by atoms with Gasteiger partial charge in [0.1, 0.15) is 0 Å². The summed E-state index contributed by atoms with van der Waals surface area (Å²) < 4.78 is 29.3. The van der Waals surface area contributed by atoms with E-state index in [4.69, 9.17) is 0 Å². The summed E-state index contributed by atoms with van der Waals surface area (Å²) in [6, 6.07) is 0. The van der Waals surface area contributed by atoms with Crippen LogP contribution in [0.3, 0.4) is 0 Å². The van der Waals surface area contributed by atoms with Crippen molar-refractivity contribution in [2.45, 2.75) is 25.7 Å². The standard InChI is InChI=1S/C6H8O6S/c7-5-3-1-2-4-6(8)12-13(9,10)11-5/h1-4H2. The summed E-state index contributed by atoms with van der Waals surface area (Å²) in [6.07, 6.45) is 0.804. The fourth-order valence-corrected chi connectivity index (χ4v) is 1.52. The Balaban J connectivity index is 2.76. The Morgan fingerprint density at radius 3 is 1.69 bits per heavy atom. The van der Waals surface area contributed by atoms with Crippen LogP contribution in [0.4, 0.5) is 0 Å². The van der Waals surface area contributed by atoms with Crippen LogP contribution in [-0.2, 0) is 28.4 Å². The fraction of sp³-hybridized carbons (Fsp3) is 0.667. The van der Waals surface area contributed by atoms with Crippen molar-refractivity contribution in [3.05, 3.63) is 0 Å². The van der Waals surface area contributed by atoms with E-state index in [-0.39, 0.29) is 12.8 Å². The first-order chi connectivity index (χ1) is 5.99. The molecule has 0 aromatic heterocycles. The second-order valence-electron chi connectivity index (χ2n) is 2.53. The summed E-state index contributed by atoms with van der Waals surface area (Å²) >= 11 is 0. The molecule has 0 aliphatic carbocycles. The van der Waals surface area contributed by atoms with E-state index in [1.54, 1.807) is 0 Å². The zero-order chi connectivity index (χ0) is 9.90. The Hall–Kier alpha value is -1.11. The van der Waals surface area contributed by atoms with Gasteiger partial charge >= 0.3 is 22.3 Å². The van der Waals surface area contributed by atoms with Crippen LogP contribution >= 0.6 is 0 Å². The quantitative estimate of drug-likeness (QED) is 0.552. The Bertz CT molecular complexity index is 290. The SMILES string of the molecule is O=C1CCCCC(=O)OS(=O)(=O)O1. The molecule has 13 heavy (non-hydrogen) atoms. The number of hydrogen-bond acceptors (Lipinski definition) is 6. The summed E-state index contributed by atoms with van der Waals surface area (Å²) in [7, 11) is -4.46.